The molecule has 166 valence electrons. The summed E-state index contributed by atoms with van der Waals surface area (Å²) >= 11 is 0. The van der Waals surface area contributed by atoms with Gasteiger partial charge in [-0.2, -0.15) is 0 Å². The largest absolute Gasteiger partial charge is 0.349 e. The quantitative estimate of drug-likeness (QED) is 0.649. The molecule has 0 unspecified atom stereocenters. The molecular weight excluding hydrogens is 402 g/mol. The van der Waals surface area contributed by atoms with Crippen molar-refractivity contribution in [1.82, 2.24) is 25.0 Å². The van der Waals surface area contributed by atoms with E-state index in [2.05, 4.69) is 27.6 Å². The normalized spacial score (nSPS) is 14.4. The summed E-state index contributed by atoms with van der Waals surface area (Å²) in [5, 5.41) is 11.5. The first-order valence-electron chi connectivity index (χ1n) is 11.2. The summed E-state index contributed by atoms with van der Waals surface area (Å²) < 4.78 is 2.03. The minimum absolute atomic E-state index is 0.0224. The van der Waals surface area contributed by atoms with Gasteiger partial charge in [0.15, 0.2) is 5.82 Å². The van der Waals surface area contributed by atoms with E-state index in [4.69, 9.17) is 0 Å². The molecule has 1 N–H and O–H groups in total. The van der Waals surface area contributed by atoms with Gasteiger partial charge in [0.25, 0.3) is 5.91 Å². The van der Waals surface area contributed by atoms with E-state index in [1.807, 2.05) is 65.8 Å². The van der Waals surface area contributed by atoms with E-state index < -0.39 is 0 Å². The fourth-order valence-corrected chi connectivity index (χ4v) is 3.86. The zero-order chi connectivity index (χ0) is 22.5. The van der Waals surface area contributed by atoms with Gasteiger partial charge in [-0.25, -0.2) is 0 Å². The standard InChI is InChI=1S/C25H29N5O2/c1-3-18(2)24(31)26-17-23-28-27-22-13-14-29(15-16-30(22)23)25(32)21-11-9-20(10-12-21)19-7-5-4-6-8-19/h4-12,18H,3,13-17H2,1-2H3,(H,26,31)/t18-/m1/s1. The zero-order valence-electron chi connectivity index (χ0n) is 18.6. The van der Waals surface area contributed by atoms with Crippen molar-refractivity contribution < 1.29 is 9.59 Å². The van der Waals surface area contributed by atoms with Crippen LogP contribution in [0.3, 0.4) is 0 Å². The average Bonchev–Trinajstić information content (AvgIpc) is 3.11. The second kappa shape index (κ2) is 9.77. The van der Waals surface area contributed by atoms with Gasteiger partial charge in [-0.1, -0.05) is 56.3 Å². The first-order chi connectivity index (χ1) is 15.6. The van der Waals surface area contributed by atoms with E-state index in [0.29, 0.717) is 38.2 Å². The van der Waals surface area contributed by atoms with Crippen LogP contribution in [-0.4, -0.2) is 44.6 Å². The van der Waals surface area contributed by atoms with Crippen LogP contribution in [0.4, 0.5) is 0 Å². The van der Waals surface area contributed by atoms with Crippen molar-refractivity contribution in [2.75, 3.05) is 13.1 Å². The molecule has 0 fully saturated rings. The van der Waals surface area contributed by atoms with Gasteiger partial charge in [0.05, 0.1) is 6.54 Å². The van der Waals surface area contributed by atoms with Crippen LogP contribution >= 0.6 is 0 Å². The Morgan fingerprint density at radius 3 is 2.41 bits per heavy atom. The number of carbonyl (C=O) groups excluding carboxylic acids is 2. The molecule has 2 heterocycles. The van der Waals surface area contributed by atoms with Gasteiger partial charge in [0, 0.05) is 37.5 Å². The summed E-state index contributed by atoms with van der Waals surface area (Å²) in [6, 6.07) is 17.9. The molecule has 0 radical (unpaired) electrons. The highest BCUT2D eigenvalue weighted by Crippen LogP contribution is 2.20. The van der Waals surface area contributed by atoms with Gasteiger partial charge in [-0.05, 0) is 29.7 Å². The summed E-state index contributed by atoms with van der Waals surface area (Å²) in [6.45, 7) is 6.05. The van der Waals surface area contributed by atoms with Crippen LogP contribution in [0.5, 0.6) is 0 Å². The molecule has 2 aromatic carbocycles. The third-order valence-corrected chi connectivity index (χ3v) is 6.11. The number of carbonyl (C=O) groups is 2. The average molecular weight is 432 g/mol. The van der Waals surface area contributed by atoms with Crippen molar-refractivity contribution in [3.8, 4) is 11.1 Å². The second-order valence-corrected chi connectivity index (χ2v) is 8.20. The number of amides is 2. The SMILES string of the molecule is CC[C@@H](C)C(=O)NCc1nnc2n1CCN(C(=O)c1ccc(-c3ccccc3)cc1)CC2. The lowest BCUT2D eigenvalue weighted by Crippen LogP contribution is -2.34. The van der Waals surface area contributed by atoms with Gasteiger partial charge in [-0.3, -0.25) is 9.59 Å². The topological polar surface area (TPSA) is 80.1 Å². The Kier molecular flexibility index (Phi) is 6.63. The van der Waals surface area contributed by atoms with Crippen molar-refractivity contribution in [3.05, 3.63) is 71.8 Å². The van der Waals surface area contributed by atoms with Crippen LogP contribution in [0.2, 0.25) is 0 Å². The van der Waals surface area contributed by atoms with E-state index >= 15 is 0 Å². The number of benzene rings is 2. The highest BCUT2D eigenvalue weighted by Gasteiger charge is 2.23. The maximum absolute atomic E-state index is 13.1. The summed E-state index contributed by atoms with van der Waals surface area (Å²) in [5.41, 5.74) is 2.91. The van der Waals surface area contributed by atoms with Gasteiger partial charge in [0.1, 0.15) is 5.82 Å². The predicted molar refractivity (Wildman–Crippen MR) is 123 cm³/mol. The number of nitrogens with one attached hydrogen (secondary N) is 1. The van der Waals surface area contributed by atoms with E-state index in [0.717, 1.165) is 29.2 Å². The molecule has 1 atom stereocenters. The van der Waals surface area contributed by atoms with Crippen LogP contribution in [0, 0.1) is 5.92 Å². The predicted octanol–water partition coefficient (Wildman–Crippen LogP) is 3.31. The number of nitrogens with zero attached hydrogens (tertiary/aromatic N) is 4. The Labute approximate surface area is 188 Å². The summed E-state index contributed by atoms with van der Waals surface area (Å²) in [4.78, 5) is 27.1. The Bertz CT molecular complexity index is 1080. The lowest BCUT2D eigenvalue weighted by Gasteiger charge is -2.20. The van der Waals surface area contributed by atoms with Crippen molar-refractivity contribution in [3.63, 3.8) is 0 Å². The maximum Gasteiger partial charge on any atom is 0.253 e. The molecule has 0 saturated heterocycles. The van der Waals surface area contributed by atoms with Crippen LogP contribution < -0.4 is 5.32 Å². The smallest absolute Gasteiger partial charge is 0.253 e. The van der Waals surface area contributed by atoms with Gasteiger partial charge >= 0.3 is 0 Å². The van der Waals surface area contributed by atoms with Crippen LogP contribution in [0.25, 0.3) is 11.1 Å². The Morgan fingerprint density at radius 1 is 0.969 bits per heavy atom. The first kappa shape index (κ1) is 21.7. The van der Waals surface area contributed by atoms with Crippen molar-refractivity contribution in [2.45, 2.75) is 39.8 Å². The molecule has 0 saturated carbocycles. The summed E-state index contributed by atoms with van der Waals surface area (Å²) in [6.07, 6.45) is 1.44. The first-order valence-corrected chi connectivity index (χ1v) is 11.2. The van der Waals surface area contributed by atoms with Crippen molar-refractivity contribution in [2.24, 2.45) is 5.92 Å². The lowest BCUT2D eigenvalue weighted by atomic mass is 10.0. The number of hydrogen-bond donors (Lipinski definition) is 1. The molecule has 0 aliphatic carbocycles. The molecular formula is C25H29N5O2. The fourth-order valence-electron chi connectivity index (χ4n) is 3.86. The Balaban J connectivity index is 1.40. The molecule has 2 amide bonds. The highest BCUT2D eigenvalue weighted by molar-refractivity contribution is 5.94. The maximum atomic E-state index is 13.1. The second-order valence-electron chi connectivity index (χ2n) is 8.20. The molecule has 1 aliphatic rings. The van der Waals surface area contributed by atoms with E-state index in [9.17, 15) is 9.59 Å². The number of rotatable bonds is 6. The van der Waals surface area contributed by atoms with Crippen LogP contribution in [0.15, 0.2) is 54.6 Å². The highest BCUT2D eigenvalue weighted by atomic mass is 16.2. The molecule has 3 aromatic rings. The van der Waals surface area contributed by atoms with Crippen LogP contribution in [-0.2, 0) is 24.3 Å². The number of hydrogen-bond acceptors (Lipinski definition) is 4. The molecule has 1 aromatic heterocycles. The molecule has 7 nitrogen and oxygen atoms in total. The Hall–Kier alpha value is -3.48. The third-order valence-electron chi connectivity index (χ3n) is 6.11. The van der Waals surface area contributed by atoms with E-state index in [1.165, 1.54) is 0 Å². The van der Waals surface area contributed by atoms with Gasteiger partial charge < -0.3 is 14.8 Å². The summed E-state index contributed by atoms with van der Waals surface area (Å²) in [7, 11) is 0. The molecule has 1 aliphatic heterocycles. The van der Waals surface area contributed by atoms with Crippen molar-refractivity contribution in [1.29, 1.82) is 0 Å². The van der Waals surface area contributed by atoms with Gasteiger partial charge in [-0.15, -0.1) is 10.2 Å². The van der Waals surface area contributed by atoms with Gasteiger partial charge in [0.2, 0.25) is 5.91 Å². The van der Waals surface area contributed by atoms with Crippen LogP contribution in [0.1, 0.15) is 42.3 Å². The monoisotopic (exact) mass is 431 g/mol. The zero-order valence-corrected chi connectivity index (χ0v) is 18.6. The third kappa shape index (κ3) is 4.72. The fraction of sp³-hybridized carbons (Fsp3) is 0.360. The molecule has 0 spiro atoms. The molecule has 4 rings (SSSR count). The van der Waals surface area contributed by atoms with E-state index in [-0.39, 0.29) is 17.7 Å². The molecule has 0 bridgehead atoms. The molecule has 7 heteroatoms. The summed E-state index contributed by atoms with van der Waals surface area (Å²) in [5.74, 6) is 1.61. The molecule has 32 heavy (non-hydrogen) atoms. The minimum atomic E-state index is -0.0251. The lowest BCUT2D eigenvalue weighted by molar-refractivity contribution is -0.124. The Morgan fingerprint density at radius 2 is 1.69 bits per heavy atom. The minimum Gasteiger partial charge on any atom is -0.349 e. The van der Waals surface area contributed by atoms with Crippen molar-refractivity contribution >= 4 is 11.8 Å². The number of fused-ring (bicyclic) bond motifs is 1. The number of aromatic nitrogens is 3. The van der Waals surface area contributed by atoms with E-state index in [1.54, 1.807) is 0 Å².